The van der Waals surface area contributed by atoms with Gasteiger partial charge in [-0.25, -0.2) is 0 Å². The fraction of sp³-hybridized carbons (Fsp3) is 0.0909. The van der Waals surface area contributed by atoms with E-state index >= 15 is 0 Å². The van der Waals surface area contributed by atoms with Crippen LogP contribution in [0.15, 0.2) is 79.1 Å². The van der Waals surface area contributed by atoms with Crippen LogP contribution in [0.2, 0.25) is 0 Å². The summed E-state index contributed by atoms with van der Waals surface area (Å²) < 4.78 is 43.4. The molecule has 148 valence electrons. The second-order valence-electron chi connectivity index (χ2n) is 6.12. The molecule has 2 aromatic carbocycles. The van der Waals surface area contributed by atoms with Crippen molar-refractivity contribution < 1.29 is 22.7 Å². The standard InChI is InChI=1S/C22H17F3N2O2/c23-22(24,25)18-9-6-16(7-10-18)8-11-21(28)27-19-4-1-5-20(13-19)29-15-17-3-2-12-26-14-17/h1-14H,15H2,(H,27,28). The van der Waals surface area contributed by atoms with Crippen LogP contribution in [-0.4, -0.2) is 10.9 Å². The first-order valence-corrected chi connectivity index (χ1v) is 8.68. The van der Waals surface area contributed by atoms with E-state index in [0.717, 1.165) is 17.7 Å². The van der Waals surface area contributed by atoms with E-state index in [1.807, 2.05) is 12.1 Å². The van der Waals surface area contributed by atoms with E-state index in [1.165, 1.54) is 24.3 Å². The Bertz CT molecular complexity index is 985. The molecule has 3 rings (SSSR count). The summed E-state index contributed by atoms with van der Waals surface area (Å²) in [4.78, 5) is 16.1. The Balaban J connectivity index is 1.57. The molecule has 0 unspecified atom stereocenters. The molecular weight excluding hydrogens is 381 g/mol. The zero-order chi connectivity index (χ0) is 20.7. The minimum atomic E-state index is -4.39. The van der Waals surface area contributed by atoms with Crippen molar-refractivity contribution in [3.63, 3.8) is 0 Å². The molecule has 4 nitrogen and oxygen atoms in total. The summed E-state index contributed by atoms with van der Waals surface area (Å²) in [6.45, 7) is 0.346. The Morgan fingerprint density at radius 1 is 1.07 bits per heavy atom. The molecule has 1 aromatic heterocycles. The van der Waals surface area contributed by atoms with Crippen LogP contribution in [0.1, 0.15) is 16.7 Å². The number of halogens is 3. The van der Waals surface area contributed by atoms with E-state index in [0.29, 0.717) is 23.6 Å². The second kappa shape index (κ2) is 9.05. The summed E-state index contributed by atoms with van der Waals surface area (Å²) in [7, 11) is 0. The minimum Gasteiger partial charge on any atom is -0.489 e. The molecule has 0 spiro atoms. The summed E-state index contributed by atoms with van der Waals surface area (Å²) in [5.41, 5.74) is 1.21. The van der Waals surface area contributed by atoms with Gasteiger partial charge in [-0.3, -0.25) is 9.78 Å². The molecule has 29 heavy (non-hydrogen) atoms. The topological polar surface area (TPSA) is 51.2 Å². The Labute approximate surface area is 165 Å². The third-order valence-corrected chi connectivity index (χ3v) is 3.90. The number of nitrogens with one attached hydrogen (secondary N) is 1. The lowest BCUT2D eigenvalue weighted by Crippen LogP contribution is -2.08. The maximum Gasteiger partial charge on any atom is 0.416 e. The van der Waals surface area contributed by atoms with E-state index < -0.39 is 17.6 Å². The van der Waals surface area contributed by atoms with Crippen molar-refractivity contribution in [3.05, 3.63) is 95.8 Å². The van der Waals surface area contributed by atoms with Gasteiger partial charge in [0.15, 0.2) is 0 Å². The lowest BCUT2D eigenvalue weighted by atomic mass is 10.1. The third kappa shape index (κ3) is 6.21. The van der Waals surface area contributed by atoms with Gasteiger partial charge >= 0.3 is 6.18 Å². The first-order valence-electron chi connectivity index (χ1n) is 8.68. The number of anilines is 1. The van der Waals surface area contributed by atoms with Crippen molar-refractivity contribution in [1.29, 1.82) is 0 Å². The van der Waals surface area contributed by atoms with Crippen LogP contribution in [0.25, 0.3) is 6.08 Å². The van der Waals surface area contributed by atoms with Crippen molar-refractivity contribution in [1.82, 2.24) is 4.98 Å². The maximum absolute atomic E-state index is 12.6. The van der Waals surface area contributed by atoms with Crippen LogP contribution in [-0.2, 0) is 17.6 Å². The number of ether oxygens (including phenoxy) is 1. The highest BCUT2D eigenvalue weighted by molar-refractivity contribution is 6.02. The maximum atomic E-state index is 12.6. The molecule has 1 N–H and O–H groups in total. The summed E-state index contributed by atoms with van der Waals surface area (Å²) in [6.07, 6.45) is 1.70. The molecule has 7 heteroatoms. The largest absolute Gasteiger partial charge is 0.489 e. The smallest absolute Gasteiger partial charge is 0.416 e. The van der Waals surface area contributed by atoms with Gasteiger partial charge in [0.1, 0.15) is 12.4 Å². The Hall–Kier alpha value is -3.61. The molecule has 3 aromatic rings. The average molecular weight is 398 g/mol. The molecule has 0 saturated heterocycles. The fourth-order valence-electron chi connectivity index (χ4n) is 2.45. The van der Waals surface area contributed by atoms with Crippen molar-refractivity contribution >= 4 is 17.7 Å². The highest BCUT2D eigenvalue weighted by Gasteiger charge is 2.29. The van der Waals surface area contributed by atoms with Crippen LogP contribution >= 0.6 is 0 Å². The Morgan fingerprint density at radius 2 is 1.86 bits per heavy atom. The third-order valence-electron chi connectivity index (χ3n) is 3.90. The van der Waals surface area contributed by atoms with E-state index in [2.05, 4.69) is 10.3 Å². The van der Waals surface area contributed by atoms with Crippen LogP contribution in [0, 0.1) is 0 Å². The van der Waals surface area contributed by atoms with Crippen molar-refractivity contribution in [2.75, 3.05) is 5.32 Å². The number of hydrogen-bond donors (Lipinski definition) is 1. The summed E-state index contributed by atoms with van der Waals surface area (Å²) in [5, 5.41) is 2.69. The number of aromatic nitrogens is 1. The van der Waals surface area contributed by atoms with Crippen LogP contribution in [0.5, 0.6) is 5.75 Å². The van der Waals surface area contributed by atoms with Gasteiger partial charge in [0.05, 0.1) is 5.56 Å². The zero-order valence-corrected chi connectivity index (χ0v) is 15.2. The minimum absolute atomic E-state index is 0.346. The number of pyridine rings is 1. The molecule has 0 aliphatic carbocycles. The molecule has 0 radical (unpaired) electrons. The second-order valence-corrected chi connectivity index (χ2v) is 6.12. The number of benzene rings is 2. The van der Waals surface area contributed by atoms with Gasteiger partial charge in [0.25, 0.3) is 0 Å². The highest BCUT2D eigenvalue weighted by atomic mass is 19.4. The predicted molar refractivity (Wildman–Crippen MR) is 104 cm³/mol. The van der Waals surface area contributed by atoms with Crippen molar-refractivity contribution in [2.45, 2.75) is 12.8 Å². The summed E-state index contributed by atoms with van der Waals surface area (Å²) >= 11 is 0. The molecule has 0 fully saturated rings. The molecule has 0 aliphatic rings. The van der Waals surface area contributed by atoms with Crippen molar-refractivity contribution in [3.8, 4) is 5.75 Å². The normalized spacial score (nSPS) is 11.4. The molecular formula is C22H17F3N2O2. The molecule has 0 saturated carbocycles. The summed E-state index contributed by atoms with van der Waals surface area (Å²) in [5.74, 6) is 0.174. The van der Waals surface area contributed by atoms with Crippen LogP contribution < -0.4 is 10.1 Å². The van der Waals surface area contributed by atoms with Gasteiger partial charge in [0.2, 0.25) is 5.91 Å². The molecule has 0 aliphatic heterocycles. The SMILES string of the molecule is O=C(C=Cc1ccc(C(F)(F)F)cc1)Nc1cccc(OCc2cccnc2)c1. The van der Waals surface area contributed by atoms with Gasteiger partial charge in [-0.1, -0.05) is 24.3 Å². The summed E-state index contributed by atoms with van der Waals surface area (Å²) in [6, 6.07) is 15.2. The lowest BCUT2D eigenvalue weighted by molar-refractivity contribution is -0.137. The molecule has 0 atom stereocenters. The van der Waals surface area contributed by atoms with Gasteiger partial charge in [0, 0.05) is 35.8 Å². The Morgan fingerprint density at radius 3 is 2.55 bits per heavy atom. The van der Waals surface area contributed by atoms with Crippen LogP contribution in [0.4, 0.5) is 18.9 Å². The molecule has 1 heterocycles. The molecule has 0 bridgehead atoms. The Kier molecular flexibility index (Phi) is 6.29. The fourth-order valence-corrected chi connectivity index (χ4v) is 2.45. The number of carbonyl (C=O) groups excluding carboxylic acids is 1. The zero-order valence-electron chi connectivity index (χ0n) is 15.2. The van der Waals surface area contributed by atoms with E-state index in [9.17, 15) is 18.0 Å². The first kappa shape index (κ1) is 20.1. The van der Waals surface area contributed by atoms with Gasteiger partial charge in [-0.2, -0.15) is 13.2 Å². The first-order chi connectivity index (χ1) is 13.9. The van der Waals surface area contributed by atoms with Gasteiger partial charge < -0.3 is 10.1 Å². The average Bonchev–Trinajstić information content (AvgIpc) is 2.71. The van der Waals surface area contributed by atoms with E-state index in [4.69, 9.17) is 4.74 Å². The van der Waals surface area contributed by atoms with E-state index in [1.54, 1.807) is 36.7 Å². The number of alkyl halides is 3. The van der Waals surface area contributed by atoms with Gasteiger partial charge in [-0.05, 0) is 42.0 Å². The highest BCUT2D eigenvalue weighted by Crippen LogP contribution is 2.29. The number of carbonyl (C=O) groups is 1. The lowest BCUT2D eigenvalue weighted by Gasteiger charge is -2.08. The number of hydrogen-bond acceptors (Lipinski definition) is 3. The number of amides is 1. The number of nitrogens with zero attached hydrogens (tertiary/aromatic N) is 1. The van der Waals surface area contributed by atoms with Crippen LogP contribution in [0.3, 0.4) is 0 Å². The van der Waals surface area contributed by atoms with Crippen molar-refractivity contribution in [2.24, 2.45) is 0 Å². The molecule has 1 amide bonds. The van der Waals surface area contributed by atoms with E-state index in [-0.39, 0.29) is 0 Å². The predicted octanol–water partition coefficient (Wildman–Crippen LogP) is 5.33. The monoisotopic (exact) mass is 398 g/mol. The van der Waals surface area contributed by atoms with Gasteiger partial charge in [-0.15, -0.1) is 0 Å². The number of rotatable bonds is 6. The quantitative estimate of drug-likeness (QED) is 0.571.